The Bertz CT molecular complexity index is 1270. The number of carbonyl (C=O) groups excluding carboxylic acids is 3. The van der Waals surface area contributed by atoms with Crippen molar-refractivity contribution in [1.82, 2.24) is 9.78 Å². The number of hydrogen-bond donors (Lipinski definition) is 2. The molecule has 0 spiro atoms. The van der Waals surface area contributed by atoms with E-state index in [4.69, 9.17) is 5.73 Å². The molecule has 2 amide bonds. The van der Waals surface area contributed by atoms with E-state index in [9.17, 15) is 27.6 Å². The van der Waals surface area contributed by atoms with Crippen molar-refractivity contribution in [3.63, 3.8) is 0 Å². The van der Waals surface area contributed by atoms with Crippen LogP contribution in [0, 0.1) is 0 Å². The second-order valence-corrected chi connectivity index (χ2v) is 8.15. The molecule has 1 saturated heterocycles. The number of alkyl halides is 3. The number of anilines is 1. The van der Waals surface area contributed by atoms with Crippen LogP contribution in [-0.4, -0.2) is 58.0 Å². The van der Waals surface area contributed by atoms with Crippen LogP contribution in [0.2, 0.25) is 0 Å². The summed E-state index contributed by atoms with van der Waals surface area (Å²) in [5, 5.41) is 7.79. The molecular formula is C22H21F3N5O4+. The molecule has 1 aliphatic heterocycles. The molecule has 1 fully saturated rings. The van der Waals surface area contributed by atoms with Crippen LogP contribution in [0.1, 0.15) is 23.2 Å². The van der Waals surface area contributed by atoms with E-state index >= 15 is 0 Å². The van der Waals surface area contributed by atoms with Crippen LogP contribution in [0.15, 0.2) is 48.7 Å². The zero-order valence-electron chi connectivity index (χ0n) is 18.0. The van der Waals surface area contributed by atoms with Gasteiger partial charge in [-0.1, -0.05) is 12.1 Å². The number of primary amides is 1. The van der Waals surface area contributed by atoms with Crippen molar-refractivity contribution in [2.24, 2.45) is 5.73 Å². The average Bonchev–Trinajstić information content (AvgIpc) is 3.36. The third kappa shape index (κ3) is 4.44. The number of likely N-dealkylation sites (N-methyl/N-ethyl adjacent to an activating group) is 1. The van der Waals surface area contributed by atoms with Gasteiger partial charge in [0.25, 0.3) is 11.8 Å². The lowest BCUT2D eigenvalue weighted by Gasteiger charge is -2.31. The summed E-state index contributed by atoms with van der Waals surface area (Å²) in [7, 11) is 1.28. The van der Waals surface area contributed by atoms with Crippen LogP contribution in [0.25, 0.3) is 16.6 Å². The Morgan fingerprint density at radius 1 is 1.18 bits per heavy atom. The maximum Gasteiger partial charge on any atom is 0.497 e. The van der Waals surface area contributed by atoms with Gasteiger partial charge in [-0.2, -0.15) is 18.3 Å². The highest BCUT2D eigenvalue weighted by Gasteiger charge is 2.53. The number of halogens is 3. The molecule has 2 heterocycles. The van der Waals surface area contributed by atoms with E-state index in [0.29, 0.717) is 28.9 Å². The lowest BCUT2D eigenvalue weighted by Crippen LogP contribution is -2.55. The first-order valence-electron chi connectivity index (χ1n) is 10.3. The second kappa shape index (κ2) is 8.45. The minimum Gasteiger partial charge on any atom is -0.366 e. The van der Waals surface area contributed by atoms with Gasteiger partial charge in [0.05, 0.1) is 11.3 Å². The van der Waals surface area contributed by atoms with Gasteiger partial charge < -0.3 is 11.1 Å². The summed E-state index contributed by atoms with van der Waals surface area (Å²) in [4.78, 5) is 40.3. The SMILES string of the molecule is C[N+]1(OC(=O)C(F)(F)F)CCC[C@H]1C(=O)Nc1ccc(-n2cc3cccc(C(N)=O)c3n2)cc1. The molecule has 178 valence electrons. The number of nitrogens with zero attached hydrogens (tertiary/aromatic N) is 3. The fourth-order valence-electron chi connectivity index (χ4n) is 4.06. The zero-order chi connectivity index (χ0) is 24.7. The van der Waals surface area contributed by atoms with Crippen LogP contribution < -0.4 is 11.1 Å². The summed E-state index contributed by atoms with van der Waals surface area (Å²) in [6.45, 7) is 0.0962. The maximum absolute atomic E-state index is 12.8. The molecule has 0 saturated carbocycles. The number of nitrogens with one attached hydrogen (secondary N) is 1. The lowest BCUT2D eigenvalue weighted by molar-refractivity contribution is -1.08. The average molecular weight is 476 g/mol. The molecule has 0 aliphatic carbocycles. The van der Waals surface area contributed by atoms with Crippen molar-refractivity contribution < 1.29 is 37.0 Å². The highest BCUT2D eigenvalue weighted by atomic mass is 19.4. The Labute approximate surface area is 191 Å². The van der Waals surface area contributed by atoms with Crippen molar-refractivity contribution in [3.8, 4) is 5.69 Å². The minimum absolute atomic E-state index is 0.0962. The predicted octanol–water partition coefficient (Wildman–Crippen LogP) is 2.69. The Morgan fingerprint density at radius 2 is 1.88 bits per heavy atom. The van der Waals surface area contributed by atoms with Crippen LogP contribution in [-0.2, 0) is 14.4 Å². The van der Waals surface area contributed by atoms with Gasteiger partial charge >= 0.3 is 12.1 Å². The first kappa shape index (κ1) is 23.2. The number of quaternary nitrogens is 1. The van der Waals surface area contributed by atoms with Gasteiger partial charge in [0.2, 0.25) is 6.04 Å². The third-order valence-electron chi connectivity index (χ3n) is 5.77. The number of fused-ring (bicyclic) bond motifs is 1. The van der Waals surface area contributed by atoms with E-state index < -0.39 is 34.6 Å². The van der Waals surface area contributed by atoms with E-state index in [1.54, 1.807) is 53.3 Å². The van der Waals surface area contributed by atoms with Crippen LogP contribution >= 0.6 is 0 Å². The number of likely N-dealkylation sites (tertiary alicyclic amines) is 1. The zero-order valence-corrected chi connectivity index (χ0v) is 18.0. The van der Waals surface area contributed by atoms with Gasteiger partial charge in [-0.3, -0.25) is 14.4 Å². The highest BCUT2D eigenvalue weighted by Crippen LogP contribution is 2.30. The van der Waals surface area contributed by atoms with E-state index in [-0.39, 0.29) is 13.0 Å². The Balaban J connectivity index is 1.49. The minimum atomic E-state index is -5.14. The standard InChI is InChI=1S/C22H20F3N5O4/c1-30(34-21(33)22(23,24)25)11-3-6-17(30)20(32)27-14-7-9-15(10-8-14)29-12-13-4-2-5-16(19(26)31)18(13)28-29/h2,4-5,7-10,12,17H,3,6,11H2,1H3,(H2-,26,27,31,32)/p+1/t17-,30?/m0/s1. The number of amides is 2. The molecule has 12 heteroatoms. The molecule has 1 aliphatic rings. The van der Waals surface area contributed by atoms with Crippen molar-refractivity contribution in [3.05, 3.63) is 54.2 Å². The molecule has 1 unspecified atom stereocenters. The summed E-state index contributed by atoms with van der Waals surface area (Å²) in [5.74, 6) is -3.48. The molecule has 4 rings (SSSR count). The normalized spacial score (nSPS) is 20.3. The third-order valence-corrected chi connectivity index (χ3v) is 5.77. The monoisotopic (exact) mass is 476 g/mol. The largest absolute Gasteiger partial charge is 0.497 e. The van der Waals surface area contributed by atoms with Crippen molar-refractivity contribution in [1.29, 1.82) is 0 Å². The lowest BCUT2D eigenvalue weighted by atomic mass is 10.1. The molecule has 34 heavy (non-hydrogen) atoms. The van der Waals surface area contributed by atoms with Gasteiger partial charge in [-0.25, -0.2) is 9.48 Å². The Kier molecular flexibility index (Phi) is 5.77. The summed E-state index contributed by atoms with van der Waals surface area (Å²) in [6.07, 6.45) is -2.71. The molecular weight excluding hydrogens is 455 g/mol. The van der Waals surface area contributed by atoms with Gasteiger partial charge in [0.1, 0.15) is 19.1 Å². The number of hydroxylamine groups is 3. The number of nitrogens with two attached hydrogens (primary N) is 1. The van der Waals surface area contributed by atoms with Gasteiger partial charge in [0.15, 0.2) is 0 Å². The number of hydrogen-bond acceptors (Lipinski definition) is 5. The summed E-state index contributed by atoms with van der Waals surface area (Å²) in [6, 6.07) is 10.7. The number of carbonyl (C=O) groups is 3. The second-order valence-electron chi connectivity index (χ2n) is 8.15. The summed E-state index contributed by atoms with van der Waals surface area (Å²) < 4.78 is 38.7. The van der Waals surface area contributed by atoms with Crippen molar-refractivity contribution in [2.45, 2.75) is 25.1 Å². The van der Waals surface area contributed by atoms with E-state index in [1.807, 2.05) is 0 Å². The number of aromatic nitrogens is 2. The first-order chi connectivity index (χ1) is 16.0. The Hall–Kier alpha value is -3.93. The molecule has 2 atom stereocenters. The van der Waals surface area contributed by atoms with Crippen molar-refractivity contribution >= 4 is 34.4 Å². The Morgan fingerprint density at radius 3 is 2.53 bits per heavy atom. The van der Waals surface area contributed by atoms with E-state index in [2.05, 4.69) is 15.3 Å². The van der Waals surface area contributed by atoms with E-state index in [1.165, 1.54) is 7.05 Å². The maximum atomic E-state index is 12.8. The molecule has 1 aromatic heterocycles. The summed E-state index contributed by atoms with van der Waals surface area (Å²) >= 11 is 0. The molecule has 3 aromatic rings. The summed E-state index contributed by atoms with van der Waals surface area (Å²) in [5.41, 5.74) is 7.20. The van der Waals surface area contributed by atoms with Crippen LogP contribution in [0.4, 0.5) is 18.9 Å². The first-order valence-corrected chi connectivity index (χ1v) is 10.3. The molecule has 0 bridgehead atoms. The molecule has 9 nitrogen and oxygen atoms in total. The molecule has 2 aromatic carbocycles. The van der Waals surface area contributed by atoms with E-state index in [0.717, 1.165) is 5.39 Å². The fraction of sp³-hybridized carbons (Fsp3) is 0.273. The number of rotatable bonds is 5. The van der Waals surface area contributed by atoms with Crippen molar-refractivity contribution in [2.75, 3.05) is 18.9 Å². The molecule has 3 N–H and O–H groups in total. The van der Waals surface area contributed by atoms with Gasteiger partial charge in [0, 0.05) is 30.1 Å². The quantitative estimate of drug-likeness (QED) is 0.550. The fourth-order valence-corrected chi connectivity index (χ4v) is 4.06. The van der Waals surface area contributed by atoms with Gasteiger partial charge in [-0.15, -0.1) is 4.65 Å². The number of benzene rings is 2. The molecule has 0 radical (unpaired) electrons. The topological polar surface area (TPSA) is 116 Å². The van der Waals surface area contributed by atoms with Crippen LogP contribution in [0.3, 0.4) is 0 Å². The highest BCUT2D eigenvalue weighted by molar-refractivity contribution is 6.04. The predicted molar refractivity (Wildman–Crippen MR) is 114 cm³/mol. The van der Waals surface area contributed by atoms with Crippen LogP contribution in [0.5, 0.6) is 0 Å². The van der Waals surface area contributed by atoms with Gasteiger partial charge in [-0.05, 0) is 30.3 Å². The smallest absolute Gasteiger partial charge is 0.366 e.